The number of hydrogen-bond acceptors (Lipinski definition) is 2. The minimum atomic E-state index is -0.877. The Kier molecular flexibility index (Phi) is 14.2. The normalized spacial score (nSPS) is 11.8. The fraction of sp³-hybridized carbons (Fsp3) is 0.556. The number of carboxylic acids is 2. The molecule has 4 nitrogen and oxygen atoms in total. The first-order valence-electron chi connectivity index (χ1n) is 8.07. The Morgan fingerprint density at radius 2 is 0.864 bits per heavy atom. The van der Waals surface area contributed by atoms with Crippen molar-refractivity contribution in [3.8, 4) is 0 Å². The van der Waals surface area contributed by atoms with E-state index in [0.717, 1.165) is 51.4 Å². The third-order valence-electron chi connectivity index (χ3n) is 3.17. The summed E-state index contributed by atoms with van der Waals surface area (Å²) in [5, 5.41) is 16.8. The Balaban J connectivity index is 3.24. The van der Waals surface area contributed by atoms with E-state index < -0.39 is 11.9 Å². The van der Waals surface area contributed by atoms with Gasteiger partial charge in [0.15, 0.2) is 0 Å². The van der Waals surface area contributed by atoms with E-state index in [2.05, 4.69) is 12.2 Å². The smallest absolute Gasteiger partial charge is 0.327 e. The van der Waals surface area contributed by atoms with Crippen LogP contribution < -0.4 is 0 Å². The van der Waals surface area contributed by atoms with Crippen molar-refractivity contribution >= 4 is 11.9 Å². The van der Waals surface area contributed by atoms with Gasteiger partial charge in [0.2, 0.25) is 0 Å². The number of unbranched alkanes of at least 4 members (excludes halogenated alkanes) is 8. The van der Waals surface area contributed by atoms with E-state index in [1.807, 2.05) is 0 Å². The van der Waals surface area contributed by atoms with Gasteiger partial charge in [-0.05, 0) is 51.4 Å². The molecule has 0 aliphatic heterocycles. The number of allylic oxidation sites excluding steroid dienone is 4. The van der Waals surface area contributed by atoms with Crippen molar-refractivity contribution in [1.82, 2.24) is 0 Å². The van der Waals surface area contributed by atoms with Gasteiger partial charge in [0.25, 0.3) is 0 Å². The van der Waals surface area contributed by atoms with Crippen LogP contribution in [0.15, 0.2) is 36.5 Å². The fourth-order valence-corrected chi connectivity index (χ4v) is 2.01. The lowest BCUT2D eigenvalue weighted by Crippen LogP contribution is -1.85. The van der Waals surface area contributed by atoms with E-state index >= 15 is 0 Å². The van der Waals surface area contributed by atoms with E-state index in [1.54, 1.807) is 12.2 Å². The van der Waals surface area contributed by atoms with Crippen LogP contribution in [-0.4, -0.2) is 22.2 Å². The first-order chi connectivity index (χ1) is 10.6. The molecule has 0 bridgehead atoms. The Morgan fingerprint density at radius 3 is 1.23 bits per heavy atom. The van der Waals surface area contributed by atoms with Gasteiger partial charge in [-0.1, -0.05) is 37.1 Å². The molecule has 0 amide bonds. The van der Waals surface area contributed by atoms with Crippen LogP contribution >= 0.6 is 0 Å². The van der Waals surface area contributed by atoms with Crippen molar-refractivity contribution in [3.63, 3.8) is 0 Å². The summed E-state index contributed by atoms with van der Waals surface area (Å²) >= 11 is 0. The van der Waals surface area contributed by atoms with E-state index in [9.17, 15) is 9.59 Å². The van der Waals surface area contributed by atoms with Crippen molar-refractivity contribution < 1.29 is 19.8 Å². The summed E-state index contributed by atoms with van der Waals surface area (Å²) in [6, 6.07) is 0. The molecule has 22 heavy (non-hydrogen) atoms. The summed E-state index contributed by atoms with van der Waals surface area (Å²) in [5.74, 6) is -1.75. The molecule has 0 fully saturated rings. The largest absolute Gasteiger partial charge is 0.478 e. The van der Waals surface area contributed by atoms with Gasteiger partial charge in [-0.3, -0.25) is 0 Å². The molecular weight excluding hydrogens is 280 g/mol. The lowest BCUT2D eigenvalue weighted by Gasteiger charge is -1.97. The molecule has 0 aliphatic carbocycles. The molecule has 124 valence electrons. The van der Waals surface area contributed by atoms with Gasteiger partial charge in [0.1, 0.15) is 0 Å². The molecule has 4 heteroatoms. The molecule has 0 saturated heterocycles. The molecule has 0 heterocycles. The summed E-state index contributed by atoms with van der Waals surface area (Å²) < 4.78 is 0. The van der Waals surface area contributed by atoms with E-state index in [4.69, 9.17) is 10.2 Å². The van der Waals surface area contributed by atoms with Gasteiger partial charge in [-0.25, -0.2) is 9.59 Å². The fourth-order valence-electron chi connectivity index (χ4n) is 2.01. The van der Waals surface area contributed by atoms with Crippen LogP contribution in [0.5, 0.6) is 0 Å². The van der Waals surface area contributed by atoms with Gasteiger partial charge < -0.3 is 10.2 Å². The third-order valence-corrected chi connectivity index (χ3v) is 3.17. The molecule has 0 aromatic rings. The van der Waals surface area contributed by atoms with Crippen LogP contribution in [0.3, 0.4) is 0 Å². The van der Waals surface area contributed by atoms with Crippen LogP contribution in [0.25, 0.3) is 0 Å². The maximum Gasteiger partial charge on any atom is 0.327 e. The Hall–Kier alpha value is -1.84. The number of carboxylic acid groups (broad SMARTS) is 2. The summed E-state index contributed by atoms with van der Waals surface area (Å²) in [6.07, 6.45) is 20.8. The maximum absolute atomic E-state index is 10.2. The lowest BCUT2D eigenvalue weighted by molar-refractivity contribution is -0.132. The molecule has 0 rings (SSSR count). The first-order valence-corrected chi connectivity index (χ1v) is 8.07. The molecule has 0 unspecified atom stereocenters. The third kappa shape index (κ3) is 18.2. The average molecular weight is 308 g/mol. The molecule has 0 atom stereocenters. The monoisotopic (exact) mass is 308 g/mol. The van der Waals surface area contributed by atoms with Crippen LogP contribution in [0.4, 0.5) is 0 Å². The highest BCUT2D eigenvalue weighted by Crippen LogP contribution is 2.07. The first kappa shape index (κ1) is 20.2. The van der Waals surface area contributed by atoms with E-state index in [1.165, 1.54) is 25.0 Å². The lowest BCUT2D eigenvalue weighted by atomic mass is 10.1. The van der Waals surface area contributed by atoms with Crippen molar-refractivity contribution in [2.75, 3.05) is 0 Å². The van der Waals surface area contributed by atoms with Gasteiger partial charge in [-0.2, -0.15) is 0 Å². The maximum atomic E-state index is 10.2. The highest BCUT2D eigenvalue weighted by molar-refractivity contribution is 5.79. The van der Waals surface area contributed by atoms with Crippen molar-refractivity contribution in [2.45, 2.75) is 64.2 Å². The second-order valence-corrected chi connectivity index (χ2v) is 5.23. The van der Waals surface area contributed by atoms with E-state index in [0.29, 0.717) is 0 Å². The molecule has 0 aliphatic rings. The van der Waals surface area contributed by atoms with Crippen molar-refractivity contribution in [3.05, 3.63) is 36.5 Å². The van der Waals surface area contributed by atoms with Gasteiger partial charge >= 0.3 is 11.9 Å². The zero-order chi connectivity index (χ0) is 16.5. The Labute approximate surface area is 133 Å². The molecule has 0 radical (unpaired) electrons. The van der Waals surface area contributed by atoms with Gasteiger partial charge in [0.05, 0.1) is 0 Å². The Bertz CT molecular complexity index is 381. The topological polar surface area (TPSA) is 74.6 Å². The highest BCUT2D eigenvalue weighted by Gasteiger charge is 1.90. The van der Waals surface area contributed by atoms with Crippen LogP contribution in [-0.2, 0) is 9.59 Å². The number of aliphatic carboxylic acids is 2. The Morgan fingerprint density at radius 1 is 0.545 bits per heavy atom. The van der Waals surface area contributed by atoms with Gasteiger partial charge in [0, 0.05) is 12.2 Å². The standard InChI is InChI=1S/C18H28O4/c19-17(20)15-13-11-9-7-5-3-1-2-4-6-8-10-12-14-16-18(21)22/h1,3,13-16H,2,4-12H2,(H,19,20)(H,21,22). The zero-order valence-corrected chi connectivity index (χ0v) is 13.2. The average Bonchev–Trinajstić information content (AvgIpc) is 2.46. The summed E-state index contributed by atoms with van der Waals surface area (Å²) in [7, 11) is 0. The highest BCUT2D eigenvalue weighted by atomic mass is 16.4. The van der Waals surface area contributed by atoms with Crippen LogP contribution in [0.2, 0.25) is 0 Å². The second-order valence-electron chi connectivity index (χ2n) is 5.23. The molecule has 0 aromatic carbocycles. The minimum Gasteiger partial charge on any atom is -0.478 e. The number of hydrogen-bond donors (Lipinski definition) is 2. The summed E-state index contributed by atoms with van der Waals surface area (Å²) in [6.45, 7) is 0. The van der Waals surface area contributed by atoms with Crippen molar-refractivity contribution in [2.24, 2.45) is 0 Å². The van der Waals surface area contributed by atoms with Gasteiger partial charge in [-0.15, -0.1) is 0 Å². The zero-order valence-electron chi connectivity index (χ0n) is 13.2. The molecule has 0 spiro atoms. The quantitative estimate of drug-likeness (QED) is 0.276. The molecule has 0 saturated carbocycles. The second kappa shape index (κ2) is 15.5. The summed E-state index contributed by atoms with van der Waals surface area (Å²) in [5.41, 5.74) is 0. The minimum absolute atomic E-state index is 0.830. The number of carbonyl (C=O) groups is 2. The molecule has 0 aromatic heterocycles. The number of rotatable bonds is 14. The van der Waals surface area contributed by atoms with Crippen molar-refractivity contribution in [1.29, 1.82) is 0 Å². The SMILES string of the molecule is O=C(O)C=CCCCCC=CCCCCCCC=CC(=O)O. The van der Waals surface area contributed by atoms with Crippen LogP contribution in [0.1, 0.15) is 64.2 Å². The summed E-state index contributed by atoms with van der Waals surface area (Å²) in [4.78, 5) is 20.5. The molecular formula is C18H28O4. The predicted molar refractivity (Wildman–Crippen MR) is 88.9 cm³/mol. The molecule has 2 N–H and O–H groups in total. The predicted octanol–water partition coefficient (Wildman–Crippen LogP) is 4.73. The van der Waals surface area contributed by atoms with Crippen LogP contribution in [0, 0.1) is 0 Å². The van der Waals surface area contributed by atoms with E-state index in [-0.39, 0.29) is 0 Å².